The number of nitrogens with zero attached hydrogens (tertiary/aromatic N) is 1. The Hall–Kier alpha value is -2.16. The number of phenolic OH excluding ortho intramolecular Hbond substituents is 1. The summed E-state index contributed by atoms with van der Waals surface area (Å²) in [6.45, 7) is 1.93. The lowest BCUT2D eigenvalue weighted by atomic mass is 10.2. The Kier molecular flexibility index (Phi) is 4.73. The molecule has 1 N–H and O–H groups in total. The second-order valence-corrected chi connectivity index (χ2v) is 3.27. The Morgan fingerprint density at radius 2 is 1.69 bits per heavy atom. The second kappa shape index (κ2) is 6.35. The number of nitroso groups, excluding NO2 is 1. The van der Waals surface area contributed by atoms with E-state index in [1.54, 1.807) is 36.4 Å². The van der Waals surface area contributed by atoms with Gasteiger partial charge in [0.05, 0.1) is 0 Å². The molecule has 2 aromatic rings. The van der Waals surface area contributed by atoms with Crippen molar-refractivity contribution in [1.82, 2.24) is 0 Å². The fraction of sp³-hybridized carbons (Fsp3) is 0.0769. The van der Waals surface area contributed by atoms with Crippen LogP contribution < -0.4 is 0 Å². The normalized spacial score (nSPS) is 8.81. The first-order valence-electron chi connectivity index (χ1n) is 4.86. The fourth-order valence-corrected chi connectivity index (χ4v) is 1.11. The van der Waals surface area contributed by atoms with Crippen molar-refractivity contribution in [2.24, 2.45) is 5.18 Å². The molecule has 0 fully saturated rings. The molecule has 0 aliphatic heterocycles. The van der Waals surface area contributed by atoms with E-state index in [2.05, 4.69) is 5.18 Å². The largest absolute Gasteiger partial charge is 0.508 e. The summed E-state index contributed by atoms with van der Waals surface area (Å²) in [6, 6.07) is 15.9. The van der Waals surface area contributed by atoms with Crippen LogP contribution in [0.5, 0.6) is 5.75 Å². The van der Waals surface area contributed by atoms with Crippen molar-refractivity contribution in [3.05, 3.63) is 65.1 Å². The smallest absolute Gasteiger partial charge is 0.115 e. The molecule has 82 valence electrons. The summed E-state index contributed by atoms with van der Waals surface area (Å²) < 4.78 is 0. The molecule has 0 aliphatic carbocycles. The monoisotopic (exact) mass is 215 g/mol. The minimum atomic E-state index is 0.322. The van der Waals surface area contributed by atoms with Crippen molar-refractivity contribution in [1.29, 1.82) is 0 Å². The molecule has 0 spiro atoms. The Balaban J connectivity index is 0.000000165. The van der Waals surface area contributed by atoms with Gasteiger partial charge in [-0.05, 0) is 41.9 Å². The maximum absolute atomic E-state index is 9.91. The van der Waals surface area contributed by atoms with Crippen LogP contribution in [0.25, 0.3) is 0 Å². The van der Waals surface area contributed by atoms with E-state index in [0.29, 0.717) is 11.4 Å². The Bertz CT molecular complexity index is 441. The maximum atomic E-state index is 9.91. The molecule has 0 amide bonds. The number of hydrogen-bond donors (Lipinski definition) is 1. The molecule has 2 aromatic carbocycles. The van der Waals surface area contributed by atoms with Gasteiger partial charge in [-0.1, -0.05) is 30.3 Å². The van der Waals surface area contributed by atoms with Crippen molar-refractivity contribution in [2.45, 2.75) is 6.92 Å². The van der Waals surface area contributed by atoms with E-state index in [0.717, 1.165) is 5.56 Å². The molecule has 2 rings (SSSR count). The van der Waals surface area contributed by atoms with Gasteiger partial charge < -0.3 is 5.11 Å². The van der Waals surface area contributed by atoms with Gasteiger partial charge in [-0.15, -0.1) is 4.91 Å². The average molecular weight is 215 g/mol. The van der Waals surface area contributed by atoms with Gasteiger partial charge in [-0.2, -0.15) is 0 Å². The molecule has 0 unspecified atom stereocenters. The van der Waals surface area contributed by atoms with Crippen LogP contribution in [0.3, 0.4) is 0 Å². The predicted octanol–water partition coefficient (Wildman–Crippen LogP) is 3.79. The SMILES string of the molecule is Cc1cccc(N=O)c1.Oc1ccccc1. The van der Waals surface area contributed by atoms with Crippen LogP contribution in [0.1, 0.15) is 5.56 Å². The summed E-state index contributed by atoms with van der Waals surface area (Å²) in [5.41, 5.74) is 1.56. The third-order valence-electron chi connectivity index (χ3n) is 1.86. The molecule has 16 heavy (non-hydrogen) atoms. The van der Waals surface area contributed by atoms with Crippen LogP contribution in [-0.2, 0) is 0 Å². The van der Waals surface area contributed by atoms with Gasteiger partial charge in [0.2, 0.25) is 0 Å². The molecular weight excluding hydrogens is 202 g/mol. The number of phenols is 1. The van der Waals surface area contributed by atoms with Gasteiger partial charge >= 0.3 is 0 Å². The molecule has 0 heterocycles. The zero-order valence-corrected chi connectivity index (χ0v) is 9.00. The third-order valence-corrected chi connectivity index (χ3v) is 1.86. The highest BCUT2D eigenvalue weighted by Crippen LogP contribution is 2.11. The summed E-state index contributed by atoms with van der Waals surface area (Å²) in [7, 11) is 0. The topological polar surface area (TPSA) is 49.7 Å². The van der Waals surface area contributed by atoms with E-state index in [4.69, 9.17) is 5.11 Å². The minimum absolute atomic E-state index is 0.322. The number of para-hydroxylation sites is 1. The van der Waals surface area contributed by atoms with Crippen LogP contribution in [0.2, 0.25) is 0 Å². The van der Waals surface area contributed by atoms with Gasteiger partial charge in [0.1, 0.15) is 11.4 Å². The van der Waals surface area contributed by atoms with Crippen LogP contribution in [0.4, 0.5) is 5.69 Å². The third kappa shape index (κ3) is 4.37. The molecule has 0 atom stereocenters. The number of aromatic hydroxyl groups is 1. The quantitative estimate of drug-likeness (QED) is 0.736. The van der Waals surface area contributed by atoms with Crippen LogP contribution >= 0.6 is 0 Å². The summed E-state index contributed by atoms with van der Waals surface area (Å²) in [5, 5.41) is 11.4. The van der Waals surface area contributed by atoms with Crippen molar-refractivity contribution in [2.75, 3.05) is 0 Å². The van der Waals surface area contributed by atoms with Crippen molar-refractivity contribution in [3.8, 4) is 5.75 Å². The van der Waals surface area contributed by atoms with Gasteiger partial charge in [0.15, 0.2) is 0 Å². The Morgan fingerprint density at radius 3 is 2.06 bits per heavy atom. The standard InChI is InChI=1S/C7H7NO.C6H6O/c1-6-3-2-4-7(5-6)8-9;7-6-4-2-1-3-5-6/h2-5H,1H3;1-5,7H. The van der Waals surface area contributed by atoms with Crippen molar-refractivity contribution in [3.63, 3.8) is 0 Å². The van der Waals surface area contributed by atoms with Gasteiger partial charge in [-0.3, -0.25) is 0 Å². The summed E-state index contributed by atoms with van der Waals surface area (Å²) >= 11 is 0. The molecule has 0 bridgehead atoms. The lowest BCUT2D eigenvalue weighted by molar-refractivity contribution is 0.475. The van der Waals surface area contributed by atoms with E-state index >= 15 is 0 Å². The Morgan fingerprint density at radius 1 is 1.00 bits per heavy atom. The van der Waals surface area contributed by atoms with Crippen molar-refractivity contribution >= 4 is 5.69 Å². The number of benzene rings is 2. The number of rotatable bonds is 1. The zero-order chi connectivity index (χ0) is 11.8. The predicted molar refractivity (Wildman–Crippen MR) is 64.7 cm³/mol. The summed E-state index contributed by atoms with van der Waals surface area (Å²) in [5.74, 6) is 0.322. The van der Waals surface area contributed by atoms with Gasteiger partial charge in [0.25, 0.3) is 0 Å². The summed E-state index contributed by atoms with van der Waals surface area (Å²) in [6.07, 6.45) is 0. The Labute approximate surface area is 94.3 Å². The minimum Gasteiger partial charge on any atom is -0.508 e. The van der Waals surface area contributed by atoms with Gasteiger partial charge in [-0.25, -0.2) is 0 Å². The van der Waals surface area contributed by atoms with E-state index in [9.17, 15) is 4.91 Å². The molecule has 3 heteroatoms. The molecule has 3 nitrogen and oxygen atoms in total. The summed E-state index contributed by atoms with van der Waals surface area (Å²) in [4.78, 5) is 9.91. The molecular formula is C13H13NO2. The van der Waals surface area contributed by atoms with E-state index in [1.807, 2.05) is 25.1 Å². The molecule has 0 saturated heterocycles. The molecule has 0 radical (unpaired) electrons. The van der Waals surface area contributed by atoms with Crippen LogP contribution in [0.15, 0.2) is 59.8 Å². The van der Waals surface area contributed by atoms with E-state index in [1.165, 1.54) is 0 Å². The highest BCUT2D eigenvalue weighted by Gasteiger charge is 1.87. The molecule has 0 aliphatic rings. The maximum Gasteiger partial charge on any atom is 0.115 e. The zero-order valence-electron chi connectivity index (χ0n) is 9.00. The van der Waals surface area contributed by atoms with Crippen LogP contribution in [-0.4, -0.2) is 5.11 Å². The average Bonchev–Trinajstić information content (AvgIpc) is 2.31. The van der Waals surface area contributed by atoms with Crippen LogP contribution in [0, 0.1) is 11.8 Å². The highest BCUT2D eigenvalue weighted by molar-refractivity contribution is 5.38. The highest BCUT2D eigenvalue weighted by atomic mass is 16.3. The fourth-order valence-electron chi connectivity index (χ4n) is 1.11. The van der Waals surface area contributed by atoms with E-state index < -0.39 is 0 Å². The second-order valence-electron chi connectivity index (χ2n) is 3.27. The lowest BCUT2D eigenvalue weighted by Gasteiger charge is -1.88. The lowest BCUT2D eigenvalue weighted by Crippen LogP contribution is -1.66. The molecule has 0 saturated carbocycles. The first-order chi connectivity index (χ1) is 7.72. The molecule has 0 aromatic heterocycles. The number of hydrogen-bond acceptors (Lipinski definition) is 3. The first kappa shape index (κ1) is 11.9. The first-order valence-corrected chi connectivity index (χ1v) is 4.86. The van der Waals surface area contributed by atoms with Gasteiger partial charge in [0, 0.05) is 0 Å². The van der Waals surface area contributed by atoms with Crippen molar-refractivity contribution < 1.29 is 5.11 Å². The number of aryl methyl sites for hydroxylation is 1. The van der Waals surface area contributed by atoms with E-state index in [-0.39, 0.29) is 0 Å².